The molecule has 0 aliphatic carbocycles. The van der Waals surface area contributed by atoms with Gasteiger partial charge < -0.3 is 10.2 Å². The van der Waals surface area contributed by atoms with E-state index in [-0.39, 0.29) is 4.47 Å². The standard InChI is InChI=1S/C11H13BrFNO5S/c1-11(2,5-15)14-20(18,19)8-4-6(12)3-7(9(8)13)10(16)17/h3-4,14-15H,5H2,1-2H3,(H,16,17). The summed E-state index contributed by atoms with van der Waals surface area (Å²) in [5.74, 6) is -2.94. The summed E-state index contributed by atoms with van der Waals surface area (Å²) in [6.45, 7) is 2.30. The second-order valence-corrected chi connectivity index (χ2v) is 7.28. The van der Waals surface area contributed by atoms with E-state index in [1.54, 1.807) is 0 Å². The topological polar surface area (TPSA) is 104 Å². The Morgan fingerprint density at radius 3 is 2.45 bits per heavy atom. The van der Waals surface area contributed by atoms with Crippen LogP contribution in [-0.4, -0.2) is 36.7 Å². The number of aromatic carboxylic acids is 1. The first kappa shape index (κ1) is 17.0. The maximum Gasteiger partial charge on any atom is 0.338 e. The lowest BCUT2D eigenvalue weighted by Crippen LogP contribution is -2.46. The number of hydrogen-bond acceptors (Lipinski definition) is 4. The molecule has 0 aliphatic heterocycles. The zero-order valence-corrected chi connectivity index (χ0v) is 13.0. The molecule has 0 spiro atoms. The van der Waals surface area contributed by atoms with Crippen LogP contribution in [0, 0.1) is 5.82 Å². The summed E-state index contributed by atoms with van der Waals surface area (Å²) in [5, 5.41) is 17.9. The van der Waals surface area contributed by atoms with Gasteiger partial charge in [0.15, 0.2) is 5.82 Å². The molecule has 6 nitrogen and oxygen atoms in total. The molecule has 0 aliphatic rings. The number of hydrogen-bond donors (Lipinski definition) is 3. The number of carboxylic acid groups (broad SMARTS) is 1. The average molecular weight is 370 g/mol. The van der Waals surface area contributed by atoms with E-state index in [1.165, 1.54) is 13.8 Å². The summed E-state index contributed by atoms with van der Waals surface area (Å²) in [4.78, 5) is 10.1. The van der Waals surface area contributed by atoms with Gasteiger partial charge in [-0.15, -0.1) is 0 Å². The molecule has 0 saturated heterocycles. The smallest absolute Gasteiger partial charge is 0.338 e. The van der Waals surface area contributed by atoms with E-state index in [4.69, 9.17) is 10.2 Å². The number of sulfonamides is 1. The van der Waals surface area contributed by atoms with E-state index in [2.05, 4.69) is 20.7 Å². The summed E-state index contributed by atoms with van der Waals surface area (Å²) in [6.07, 6.45) is 0. The summed E-state index contributed by atoms with van der Waals surface area (Å²) >= 11 is 2.93. The van der Waals surface area contributed by atoms with Crippen molar-refractivity contribution in [2.75, 3.05) is 6.61 Å². The molecular weight excluding hydrogens is 357 g/mol. The van der Waals surface area contributed by atoms with Gasteiger partial charge in [-0.1, -0.05) is 15.9 Å². The van der Waals surface area contributed by atoms with Crippen LogP contribution in [0.15, 0.2) is 21.5 Å². The van der Waals surface area contributed by atoms with Crippen LogP contribution in [-0.2, 0) is 10.0 Å². The second kappa shape index (κ2) is 5.76. The second-order valence-electron chi connectivity index (χ2n) is 4.72. The number of carbonyl (C=O) groups is 1. The Hall–Kier alpha value is -1.03. The van der Waals surface area contributed by atoms with Crippen LogP contribution < -0.4 is 4.72 Å². The van der Waals surface area contributed by atoms with Gasteiger partial charge in [0, 0.05) is 4.47 Å². The lowest BCUT2D eigenvalue weighted by atomic mass is 10.1. The number of carboxylic acids is 1. The van der Waals surface area contributed by atoms with Crippen molar-refractivity contribution in [3.8, 4) is 0 Å². The molecule has 0 heterocycles. The highest BCUT2D eigenvalue weighted by atomic mass is 79.9. The van der Waals surface area contributed by atoms with Crippen molar-refractivity contribution in [1.82, 2.24) is 4.72 Å². The fourth-order valence-corrected chi connectivity index (χ4v) is 3.51. The van der Waals surface area contributed by atoms with Crippen LogP contribution in [0.4, 0.5) is 4.39 Å². The summed E-state index contributed by atoms with van der Waals surface area (Å²) < 4.78 is 40.4. The average Bonchev–Trinajstić information content (AvgIpc) is 2.30. The Kier molecular flexibility index (Phi) is 4.90. The quantitative estimate of drug-likeness (QED) is 0.726. The minimum Gasteiger partial charge on any atom is -0.478 e. The van der Waals surface area contributed by atoms with Gasteiger partial charge in [0.25, 0.3) is 0 Å². The highest BCUT2D eigenvalue weighted by Gasteiger charge is 2.30. The van der Waals surface area contributed by atoms with E-state index >= 15 is 0 Å². The number of aliphatic hydroxyl groups excluding tert-OH is 1. The molecule has 20 heavy (non-hydrogen) atoms. The van der Waals surface area contributed by atoms with Crippen molar-refractivity contribution in [3.05, 3.63) is 28.0 Å². The van der Waals surface area contributed by atoms with Crippen molar-refractivity contribution in [1.29, 1.82) is 0 Å². The third-order valence-corrected chi connectivity index (χ3v) is 4.49. The third kappa shape index (κ3) is 3.75. The van der Waals surface area contributed by atoms with E-state index in [1.807, 2.05) is 0 Å². The van der Waals surface area contributed by atoms with Crippen LogP contribution in [0.3, 0.4) is 0 Å². The van der Waals surface area contributed by atoms with Gasteiger partial charge in [0.05, 0.1) is 17.7 Å². The number of aliphatic hydroxyl groups is 1. The monoisotopic (exact) mass is 369 g/mol. The lowest BCUT2D eigenvalue weighted by molar-refractivity contribution is 0.0691. The fraction of sp³-hybridized carbons (Fsp3) is 0.364. The maximum atomic E-state index is 14.0. The van der Waals surface area contributed by atoms with Gasteiger partial charge in [0.2, 0.25) is 10.0 Å². The van der Waals surface area contributed by atoms with Gasteiger partial charge in [-0.05, 0) is 26.0 Å². The van der Waals surface area contributed by atoms with Crippen LogP contribution in [0.2, 0.25) is 0 Å². The van der Waals surface area contributed by atoms with E-state index in [0.717, 1.165) is 12.1 Å². The molecule has 112 valence electrons. The number of benzene rings is 1. The lowest BCUT2D eigenvalue weighted by Gasteiger charge is -2.23. The van der Waals surface area contributed by atoms with Crippen LogP contribution >= 0.6 is 15.9 Å². The first-order valence-electron chi connectivity index (χ1n) is 5.37. The predicted octanol–water partition coefficient (Wildman–Crippen LogP) is 1.34. The Labute approximate surface area is 123 Å². The Morgan fingerprint density at radius 1 is 1.45 bits per heavy atom. The first-order valence-corrected chi connectivity index (χ1v) is 7.65. The Morgan fingerprint density at radius 2 is 2.00 bits per heavy atom. The third-order valence-electron chi connectivity index (χ3n) is 2.33. The van der Waals surface area contributed by atoms with Crippen LogP contribution in [0.1, 0.15) is 24.2 Å². The first-order chi connectivity index (χ1) is 9.00. The Balaban J connectivity index is 3.43. The highest BCUT2D eigenvalue weighted by molar-refractivity contribution is 9.10. The molecule has 0 atom stereocenters. The SMILES string of the molecule is CC(C)(CO)NS(=O)(=O)c1cc(Br)cc(C(=O)O)c1F. The zero-order valence-electron chi connectivity index (χ0n) is 10.6. The van der Waals surface area contributed by atoms with E-state index in [9.17, 15) is 17.6 Å². The van der Waals surface area contributed by atoms with Crippen molar-refractivity contribution in [2.24, 2.45) is 0 Å². The predicted molar refractivity (Wildman–Crippen MR) is 72.5 cm³/mol. The minimum absolute atomic E-state index is 0.110. The Bertz CT molecular complexity index is 644. The molecule has 0 fully saturated rings. The van der Waals surface area contributed by atoms with Crippen molar-refractivity contribution < 1.29 is 27.8 Å². The summed E-state index contributed by atoms with van der Waals surface area (Å²) in [7, 11) is -4.32. The number of nitrogens with one attached hydrogen (secondary N) is 1. The van der Waals surface area contributed by atoms with Crippen LogP contribution in [0.25, 0.3) is 0 Å². The molecule has 0 bridgehead atoms. The summed E-state index contributed by atoms with van der Waals surface area (Å²) in [6, 6.07) is 1.92. The molecule has 0 saturated carbocycles. The molecule has 0 radical (unpaired) electrons. The van der Waals surface area contributed by atoms with Crippen molar-refractivity contribution in [3.63, 3.8) is 0 Å². The normalized spacial score (nSPS) is 12.4. The maximum absolute atomic E-state index is 14.0. The van der Waals surface area contributed by atoms with Gasteiger partial charge in [-0.3, -0.25) is 0 Å². The van der Waals surface area contributed by atoms with Gasteiger partial charge >= 0.3 is 5.97 Å². The van der Waals surface area contributed by atoms with Crippen molar-refractivity contribution >= 4 is 31.9 Å². The van der Waals surface area contributed by atoms with Gasteiger partial charge in [0.1, 0.15) is 4.90 Å². The molecular formula is C11H13BrFNO5S. The molecule has 0 unspecified atom stereocenters. The molecule has 0 amide bonds. The molecule has 0 aromatic heterocycles. The van der Waals surface area contributed by atoms with E-state index in [0.29, 0.717) is 0 Å². The molecule has 1 rings (SSSR count). The molecule has 1 aromatic carbocycles. The highest BCUT2D eigenvalue weighted by Crippen LogP contribution is 2.25. The number of rotatable bonds is 5. The fourth-order valence-electron chi connectivity index (χ4n) is 1.37. The largest absolute Gasteiger partial charge is 0.478 e. The van der Waals surface area contributed by atoms with Crippen LogP contribution in [0.5, 0.6) is 0 Å². The number of halogens is 2. The summed E-state index contributed by atoms with van der Waals surface area (Å²) in [5.41, 5.74) is -1.97. The zero-order chi connectivity index (χ0) is 15.7. The molecule has 3 N–H and O–H groups in total. The molecule has 9 heteroatoms. The van der Waals surface area contributed by atoms with Gasteiger partial charge in [-0.25, -0.2) is 22.3 Å². The van der Waals surface area contributed by atoms with E-state index < -0.39 is 44.4 Å². The minimum atomic E-state index is -4.32. The van der Waals surface area contributed by atoms with Gasteiger partial charge in [-0.2, -0.15) is 0 Å². The molecule has 1 aromatic rings. The van der Waals surface area contributed by atoms with Crippen molar-refractivity contribution in [2.45, 2.75) is 24.3 Å².